The zero-order chi connectivity index (χ0) is 25.3. The molecule has 1 N–H and O–H groups in total. The van der Waals surface area contributed by atoms with Gasteiger partial charge in [0.05, 0.1) is 24.3 Å². The van der Waals surface area contributed by atoms with Crippen molar-refractivity contribution in [3.8, 4) is 0 Å². The van der Waals surface area contributed by atoms with Crippen LogP contribution in [0.15, 0.2) is 18.2 Å². The first-order chi connectivity index (χ1) is 15.6. The van der Waals surface area contributed by atoms with Crippen LogP contribution in [0.2, 0.25) is 0 Å². The van der Waals surface area contributed by atoms with Gasteiger partial charge in [0.15, 0.2) is 5.79 Å². The van der Waals surface area contributed by atoms with Crippen LogP contribution in [0, 0.1) is 17.6 Å². The lowest BCUT2D eigenvalue weighted by atomic mass is 9.75. The molecule has 7 nitrogen and oxygen atoms in total. The molecule has 1 amide bonds. The van der Waals surface area contributed by atoms with E-state index in [1.807, 2.05) is 13.8 Å². The summed E-state index contributed by atoms with van der Waals surface area (Å²) in [6.45, 7) is 11.0. The van der Waals surface area contributed by atoms with Crippen LogP contribution in [0.4, 0.5) is 13.6 Å². The molecule has 5 atom stereocenters. The number of hydrogen-bond donors (Lipinski definition) is 1. The standard InChI is InChI=1S/C25H35F2NO6/c1-22(2,3)34-21(30)28-13-17-20(33-24(6,31-7)23(4,5)32-17)18(25(28)8-9-25)19(29)14-10-15(26)12-16(27)11-14/h10-12,17-20,29H,8-9,13H2,1-7H3/t17-,18-,19?,20+,24+/m1/s1. The van der Waals surface area contributed by atoms with Crippen LogP contribution in [0.1, 0.15) is 66.1 Å². The molecule has 0 bridgehead atoms. The number of benzene rings is 1. The Morgan fingerprint density at radius 2 is 1.74 bits per heavy atom. The van der Waals surface area contributed by atoms with Gasteiger partial charge in [0.25, 0.3) is 0 Å². The monoisotopic (exact) mass is 483 g/mol. The summed E-state index contributed by atoms with van der Waals surface area (Å²) < 4.78 is 52.4. The molecule has 3 aliphatic rings. The van der Waals surface area contributed by atoms with Crippen molar-refractivity contribution in [2.24, 2.45) is 5.92 Å². The number of piperidine rings is 1. The molecule has 4 rings (SSSR count). The highest BCUT2D eigenvalue weighted by Crippen LogP contribution is 2.59. The molecule has 34 heavy (non-hydrogen) atoms. The van der Waals surface area contributed by atoms with Gasteiger partial charge in [-0.05, 0) is 72.1 Å². The first-order valence-corrected chi connectivity index (χ1v) is 11.7. The lowest BCUT2D eigenvalue weighted by molar-refractivity contribution is -0.401. The largest absolute Gasteiger partial charge is 0.444 e. The number of halogens is 2. The molecule has 2 heterocycles. The van der Waals surface area contributed by atoms with E-state index in [1.165, 1.54) is 7.11 Å². The third-order valence-corrected chi connectivity index (χ3v) is 7.47. The van der Waals surface area contributed by atoms with Gasteiger partial charge in [0.2, 0.25) is 0 Å². The van der Waals surface area contributed by atoms with Crippen LogP contribution in [0.25, 0.3) is 0 Å². The number of ether oxygens (including phenoxy) is 4. The van der Waals surface area contributed by atoms with Crippen molar-refractivity contribution in [1.29, 1.82) is 0 Å². The molecule has 0 radical (unpaired) electrons. The Bertz CT molecular complexity index is 939. The van der Waals surface area contributed by atoms with Crippen LogP contribution < -0.4 is 0 Å². The van der Waals surface area contributed by atoms with E-state index in [0.717, 1.165) is 18.2 Å². The van der Waals surface area contributed by atoms with Gasteiger partial charge in [0, 0.05) is 19.1 Å². The van der Waals surface area contributed by atoms with Gasteiger partial charge >= 0.3 is 6.09 Å². The zero-order valence-electron chi connectivity index (χ0n) is 20.9. The number of nitrogens with zero attached hydrogens (tertiary/aromatic N) is 1. The fourth-order valence-electron chi connectivity index (χ4n) is 5.35. The third kappa shape index (κ3) is 4.21. The van der Waals surface area contributed by atoms with Gasteiger partial charge in [-0.25, -0.2) is 13.6 Å². The molecule has 0 aromatic heterocycles. The van der Waals surface area contributed by atoms with Crippen molar-refractivity contribution < 1.29 is 37.6 Å². The SMILES string of the molecule is CO[C@@]1(C)O[C@@H]2[C@@H](C(O)c3cc(F)cc(F)c3)C3(CC3)N(C(=O)OC(C)(C)C)C[C@H]2OC1(C)C. The van der Waals surface area contributed by atoms with Crippen molar-refractivity contribution in [3.05, 3.63) is 35.4 Å². The Labute approximate surface area is 199 Å². The maximum Gasteiger partial charge on any atom is 0.410 e. The highest BCUT2D eigenvalue weighted by molar-refractivity contribution is 5.70. The minimum atomic E-state index is -1.32. The first-order valence-electron chi connectivity index (χ1n) is 11.7. The van der Waals surface area contributed by atoms with Gasteiger partial charge in [-0.2, -0.15) is 0 Å². The van der Waals surface area contributed by atoms with E-state index in [-0.39, 0.29) is 12.1 Å². The maximum atomic E-state index is 14.1. The molecule has 1 spiro atoms. The molecule has 2 aliphatic heterocycles. The third-order valence-electron chi connectivity index (χ3n) is 7.47. The van der Waals surface area contributed by atoms with Crippen LogP contribution in [-0.2, 0) is 18.9 Å². The highest BCUT2D eigenvalue weighted by atomic mass is 19.1. The topological polar surface area (TPSA) is 77.5 Å². The summed E-state index contributed by atoms with van der Waals surface area (Å²) >= 11 is 0. The number of likely N-dealkylation sites (tertiary alicyclic amines) is 1. The molecule has 1 saturated carbocycles. The molecule has 3 fully saturated rings. The van der Waals surface area contributed by atoms with E-state index in [4.69, 9.17) is 18.9 Å². The summed E-state index contributed by atoms with van der Waals surface area (Å²) in [5.41, 5.74) is -2.32. The first kappa shape index (κ1) is 25.3. The molecular formula is C25H35F2NO6. The Balaban J connectivity index is 1.78. The summed E-state index contributed by atoms with van der Waals surface area (Å²) in [6, 6.07) is 2.97. The number of fused-ring (bicyclic) bond motifs is 1. The van der Waals surface area contributed by atoms with Crippen molar-refractivity contribution in [2.45, 2.75) is 95.2 Å². The summed E-state index contributed by atoms with van der Waals surface area (Å²) in [5, 5.41) is 11.5. The number of carbonyl (C=O) groups is 1. The quantitative estimate of drug-likeness (QED) is 0.690. The van der Waals surface area contributed by atoms with Crippen molar-refractivity contribution in [1.82, 2.24) is 4.90 Å². The van der Waals surface area contributed by atoms with E-state index in [2.05, 4.69) is 0 Å². The molecule has 190 valence electrons. The molecule has 1 aromatic rings. The highest BCUT2D eigenvalue weighted by Gasteiger charge is 2.69. The van der Waals surface area contributed by atoms with Gasteiger partial charge in [-0.1, -0.05) is 0 Å². The van der Waals surface area contributed by atoms with E-state index in [1.54, 1.807) is 32.6 Å². The van der Waals surface area contributed by atoms with Crippen molar-refractivity contribution in [2.75, 3.05) is 13.7 Å². The number of aliphatic hydroxyl groups excluding tert-OH is 1. The lowest BCUT2D eigenvalue weighted by Gasteiger charge is -2.59. The van der Waals surface area contributed by atoms with Crippen LogP contribution in [-0.4, -0.2) is 64.5 Å². The molecule has 9 heteroatoms. The second kappa shape index (κ2) is 8.11. The van der Waals surface area contributed by atoms with Gasteiger partial charge < -0.3 is 24.1 Å². The number of methoxy groups -OCH3 is 1. The van der Waals surface area contributed by atoms with Crippen LogP contribution in [0.5, 0.6) is 0 Å². The second-order valence-corrected chi connectivity index (χ2v) is 11.3. The Kier molecular flexibility index (Phi) is 6.04. The summed E-state index contributed by atoms with van der Waals surface area (Å²) in [7, 11) is 1.52. The van der Waals surface area contributed by atoms with Crippen LogP contribution >= 0.6 is 0 Å². The number of rotatable bonds is 3. The lowest BCUT2D eigenvalue weighted by Crippen LogP contribution is -2.72. The molecule has 1 aliphatic carbocycles. The van der Waals surface area contributed by atoms with Gasteiger partial charge in [-0.15, -0.1) is 0 Å². The molecule has 2 saturated heterocycles. The fraction of sp³-hybridized carbons (Fsp3) is 0.720. The Morgan fingerprint density at radius 3 is 2.24 bits per heavy atom. The molecular weight excluding hydrogens is 448 g/mol. The number of aliphatic hydroxyl groups is 1. The van der Waals surface area contributed by atoms with E-state index in [9.17, 15) is 18.7 Å². The van der Waals surface area contributed by atoms with Gasteiger partial charge in [0.1, 0.15) is 28.9 Å². The zero-order valence-corrected chi connectivity index (χ0v) is 20.9. The Hall–Kier alpha value is -1.81. The van der Waals surface area contributed by atoms with Gasteiger partial charge in [-0.3, -0.25) is 4.90 Å². The molecule has 1 aromatic carbocycles. The van der Waals surface area contributed by atoms with E-state index >= 15 is 0 Å². The van der Waals surface area contributed by atoms with E-state index < -0.39 is 64.5 Å². The number of carbonyl (C=O) groups excluding carboxylic acids is 1. The smallest absolute Gasteiger partial charge is 0.410 e. The minimum Gasteiger partial charge on any atom is -0.444 e. The predicted molar refractivity (Wildman–Crippen MR) is 119 cm³/mol. The minimum absolute atomic E-state index is 0.0751. The summed E-state index contributed by atoms with van der Waals surface area (Å²) in [6.07, 6.45) is -1.98. The maximum absolute atomic E-state index is 14.1. The normalized spacial score (nSPS) is 32.8. The summed E-state index contributed by atoms with van der Waals surface area (Å²) in [5.74, 6) is -3.47. The van der Waals surface area contributed by atoms with Crippen molar-refractivity contribution >= 4 is 6.09 Å². The second-order valence-electron chi connectivity index (χ2n) is 11.3. The van der Waals surface area contributed by atoms with Crippen LogP contribution in [0.3, 0.4) is 0 Å². The van der Waals surface area contributed by atoms with Crippen molar-refractivity contribution in [3.63, 3.8) is 0 Å². The Morgan fingerprint density at radius 1 is 1.15 bits per heavy atom. The average Bonchev–Trinajstić information content (AvgIpc) is 3.47. The number of hydrogen-bond acceptors (Lipinski definition) is 6. The molecule has 1 unspecified atom stereocenters. The summed E-state index contributed by atoms with van der Waals surface area (Å²) in [4.78, 5) is 14.9. The van der Waals surface area contributed by atoms with E-state index in [0.29, 0.717) is 12.8 Å². The predicted octanol–water partition coefficient (Wildman–Crippen LogP) is 4.32. The fourth-order valence-corrected chi connectivity index (χ4v) is 5.35. The average molecular weight is 484 g/mol. The number of amides is 1.